The number of aromatic nitrogens is 3. The summed E-state index contributed by atoms with van der Waals surface area (Å²) in [5.41, 5.74) is 6.77. The molecule has 0 amide bonds. The highest BCUT2D eigenvalue weighted by Crippen LogP contribution is 2.44. The Balaban J connectivity index is 2.13. The highest BCUT2D eigenvalue weighted by molar-refractivity contribution is 7.99. The van der Waals surface area contributed by atoms with E-state index in [1.54, 1.807) is 11.8 Å². The van der Waals surface area contributed by atoms with E-state index in [1.807, 2.05) is 19.1 Å². The molecule has 3 heterocycles. The molecule has 0 bridgehead atoms. The van der Waals surface area contributed by atoms with Crippen molar-refractivity contribution >= 4 is 29.2 Å². The third kappa shape index (κ3) is 1.38. The van der Waals surface area contributed by atoms with Gasteiger partial charge in [-0.15, -0.1) is 0 Å². The largest absolute Gasteiger partial charge is 0.383 e. The lowest BCUT2D eigenvalue weighted by atomic mass is 10.3. The van der Waals surface area contributed by atoms with Crippen molar-refractivity contribution in [2.24, 2.45) is 0 Å². The highest BCUT2D eigenvalue weighted by atomic mass is 32.2. The molecule has 0 unspecified atom stereocenters. The monoisotopic (exact) mass is 231 g/mol. The molecule has 0 saturated carbocycles. The zero-order valence-corrected chi connectivity index (χ0v) is 9.38. The Morgan fingerprint density at radius 2 is 2.12 bits per heavy atom. The van der Waals surface area contributed by atoms with Gasteiger partial charge in [0.25, 0.3) is 0 Å². The number of pyridine rings is 1. The van der Waals surface area contributed by atoms with Crippen molar-refractivity contribution in [1.82, 2.24) is 15.0 Å². The lowest BCUT2D eigenvalue weighted by Crippen LogP contribution is -2.07. The summed E-state index contributed by atoms with van der Waals surface area (Å²) in [7, 11) is 0. The molecule has 3 rings (SSSR count). The van der Waals surface area contributed by atoms with E-state index in [-0.39, 0.29) is 0 Å². The SMILES string of the molecule is Cc1ccc2c(n1)Nc1ncnc(N)c1S2. The maximum absolute atomic E-state index is 5.80. The third-order valence-electron chi connectivity index (χ3n) is 2.28. The van der Waals surface area contributed by atoms with Crippen LogP contribution in [-0.2, 0) is 0 Å². The molecule has 16 heavy (non-hydrogen) atoms. The number of nitrogens with two attached hydrogens (primary N) is 1. The quantitative estimate of drug-likeness (QED) is 0.616. The smallest absolute Gasteiger partial charge is 0.151 e. The zero-order valence-electron chi connectivity index (χ0n) is 8.56. The maximum Gasteiger partial charge on any atom is 0.151 e. The average molecular weight is 231 g/mol. The molecule has 1 aliphatic rings. The van der Waals surface area contributed by atoms with E-state index in [1.165, 1.54) is 6.33 Å². The van der Waals surface area contributed by atoms with Crippen LogP contribution in [0.15, 0.2) is 28.3 Å². The van der Waals surface area contributed by atoms with Crippen LogP contribution in [0.5, 0.6) is 0 Å². The summed E-state index contributed by atoms with van der Waals surface area (Å²) >= 11 is 1.54. The van der Waals surface area contributed by atoms with Crippen molar-refractivity contribution in [2.45, 2.75) is 16.7 Å². The second-order valence-electron chi connectivity index (χ2n) is 3.46. The first-order valence-electron chi connectivity index (χ1n) is 4.77. The Bertz CT molecular complexity index is 569. The average Bonchev–Trinajstić information content (AvgIpc) is 2.27. The van der Waals surface area contributed by atoms with Crippen LogP contribution in [0.3, 0.4) is 0 Å². The molecule has 1 aliphatic heterocycles. The summed E-state index contributed by atoms with van der Waals surface area (Å²) in [5.74, 6) is 2.05. The molecule has 2 aromatic rings. The Morgan fingerprint density at radius 1 is 1.25 bits per heavy atom. The van der Waals surface area contributed by atoms with Crippen molar-refractivity contribution in [1.29, 1.82) is 0 Å². The van der Waals surface area contributed by atoms with Crippen molar-refractivity contribution in [3.63, 3.8) is 0 Å². The van der Waals surface area contributed by atoms with E-state index >= 15 is 0 Å². The van der Waals surface area contributed by atoms with E-state index in [2.05, 4.69) is 20.3 Å². The van der Waals surface area contributed by atoms with Gasteiger partial charge in [0, 0.05) is 5.69 Å². The molecule has 2 aromatic heterocycles. The Hall–Kier alpha value is -1.82. The molecule has 80 valence electrons. The molecule has 0 aromatic carbocycles. The molecule has 0 radical (unpaired) electrons. The van der Waals surface area contributed by atoms with Gasteiger partial charge < -0.3 is 11.1 Å². The second kappa shape index (κ2) is 3.34. The first-order chi connectivity index (χ1) is 7.74. The van der Waals surface area contributed by atoms with Crippen molar-refractivity contribution in [3.8, 4) is 0 Å². The lowest BCUT2D eigenvalue weighted by Gasteiger charge is -2.19. The normalized spacial score (nSPS) is 12.6. The van der Waals surface area contributed by atoms with Crippen LogP contribution in [0.4, 0.5) is 17.5 Å². The molecular weight excluding hydrogens is 222 g/mol. The summed E-state index contributed by atoms with van der Waals surface area (Å²) in [4.78, 5) is 14.4. The molecule has 6 heteroatoms. The summed E-state index contributed by atoms with van der Waals surface area (Å²) in [6.07, 6.45) is 1.45. The fourth-order valence-corrected chi connectivity index (χ4v) is 2.42. The Kier molecular flexibility index (Phi) is 1.97. The number of hydrogen-bond donors (Lipinski definition) is 2. The van der Waals surface area contributed by atoms with E-state index in [0.29, 0.717) is 5.82 Å². The predicted molar refractivity (Wildman–Crippen MR) is 62.8 cm³/mol. The van der Waals surface area contributed by atoms with Gasteiger partial charge in [-0.25, -0.2) is 15.0 Å². The number of nitrogen functional groups attached to an aromatic ring is 1. The van der Waals surface area contributed by atoms with Crippen molar-refractivity contribution in [3.05, 3.63) is 24.2 Å². The minimum atomic E-state index is 0.494. The summed E-state index contributed by atoms with van der Waals surface area (Å²) in [6.45, 7) is 1.95. The van der Waals surface area contributed by atoms with Gasteiger partial charge in [-0.05, 0) is 19.1 Å². The van der Waals surface area contributed by atoms with E-state index in [9.17, 15) is 0 Å². The minimum Gasteiger partial charge on any atom is -0.383 e. The first kappa shape index (κ1) is 9.41. The second-order valence-corrected chi connectivity index (χ2v) is 4.52. The number of hydrogen-bond acceptors (Lipinski definition) is 6. The van der Waals surface area contributed by atoms with Crippen molar-refractivity contribution < 1.29 is 0 Å². The number of rotatable bonds is 0. The van der Waals surface area contributed by atoms with Crippen molar-refractivity contribution in [2.75, 3.05) is 11.1 Å². The van der Waals surface area contributed by atoms with Gasteiger partial charge in [-0.2, -0.15) is 0 Å². The van der Waals surface area contributed by atoms with Crippen LogP contribution in [0.1, 0.15) is 5.69 Å². The van der Waals surface area contributed by atoms with Gasteiger partial charge in [0.05, 0.1) is 9.79 Å². The maximum atomic E-state index is 5.80. The summed E-state index contributed by atoms with van der Waals surface area (Å²) < 4.78 is 0. The topological polar surface area (TPSA) is 76.7 Å². The van der Waals surface area contributed by atoms with Gasteiger partial charge in [0.1, 0.15) is 18.0 Å². The van der Waals surface area contributed by atoms with Gasteiger partial charge >= 0.3 is 0 Å². The highest BCUT2D eigenvalue weighted by Gasteiger charge is 2.20. The number of fused-ring (bicyclic) bond motifs is 2. The zero-order chi connectivity index (χ0) is 11.1. The van der Waals surface area contributed by atoms with Crippen LogP contribution >= 0.6 is 11.8 Å². The van der Waals surface area contributed by atoms with Gasteiger partial charge in [-0.3, -0.25) is 0 Å². The number of nitrogens with one attached hydrogen (secondary N) is 1. The molecular formula is C10H9N5S. The van der Waals surface area contributed by atoms with Crippen LogP contribution < -0.4 is 11.1 Å². The molecule has 0 spiro atoms. The molecule has 5 nitrogen and oxygen atoms in total. The fourth-order valence-electron chi connectivity index (χ4n) is 1.51. The van der Waals surface area contributed by atoms with Crippen LogP contribution in [-0.4, -0.2) is 15.0 Å². The molecule has 0 aliphatic carbocycles. The van der Waals surface area contributed by atoms with Crippen LogP contribution in [0, 0.1) is 6.92 Å². The summed E-state index contributed by atoms with van der Waals surface area (Å²) in [6, 6.07) is 3.99. The van der Waals surface area contributed by atoms with E-state index in [4.69, 9.17) is 5.73 Å². The van der Waals surface area contributed by atoms with E-state index < -0.39 is 0 Å². The number of anilines is 3. The third-order valence-corrected chi connectivity index (χ3v) is 3.43. The minimum absolute atomic E-state index is 0.494. The first-order valence-corrected chi connectivity index (χ1v) is 5.58. The summed E-state index contributed by atoms with van der Waals surface area (Å²) in [5, 5.41) is 3.16. The van der Waals surface area contributed by atoms with Crippen LogP contribution in [0.25, 0.3) is 0 Å². The number of nitrogens with zero attached hydrogens (tertiary/aromatic N) is 3. The predicted octanol–water partition coefficient (Wildman–Crippen LogP) is 1.97. The molecule has 0 atom stereocenters. The van der Waals surface area contributed by atoms with Gasteiger partial charge in [-0.1, -0.05) is 11.8 Å². The van der Waals surface area contributed by atoms with Crippen LogP contribution in [0.2, 0.25) is 0 Å². The lowest BCUT2D eigenvalue weighted by molar-refractivity contribution is 1.07. The Labute approximate surface area is 96.5 Å². The molecule has 0 saturated heterocycles. The molecule has 0 fully saturated rings. The number of aryl methyl sites for hydroxylation is 1. The Morgan fingerprint density at radius 3 is 3.00 bits per heavy atom. The van der Waals surface area contributed by atoms with Gasteiger partial charge in [0.2, 0.25) is 0 Å². The van der Waals surface area contributed by atoms with E-state index in [0.717, 1.165) is 27.1 Å². The fraction of sp³-hybridized carbons (Fsp3) is 0.100. The van der Waals surface area contributed by atoms with Gasteiger partial charge in [0.15, 0.2) is 5.82 Å². The standard InChI is InChI=1S/C10H9N5S/c1-5-2-3-6-9(14-5)15-10-7(16-6)8(11)12-4-13-10/h2-4H,1H3,(H3,11,12,13,14,15). The molecule has 3 N–H and O–H groups in total.